The van der Waals surface area contributed by atoms with Gasteiger partial charge in [-0.25, -0.2) is 18.1 Å². The third-order valence-corrected chi connectivity index (χ3v) is 6.93. The van der Waals surface area contributed by atoms with Gasteiger partial charge in [0, 0.05) is 44.3 Å². The molecule has 9 heteroatoms. The number of fused-ring (bicyclic) bond motifs is 1. The van der Waals surface area contributed by atoms with Crippen LogP contribution in [0, 0.1) is 6.92 Å². The fourth-order valence-corrected chi connectivity index (χ4v) is 5.23. The van der Waals surface area contributed by atoms with Crippen molar-refractivity contribution in [3.63, 3.8) is 0 Å². The van der Waals surface area contributed by atoms with Crippen LogP contribution >= 0.6 is 0 Å². The predicted octanol–water partition coefficient (Wildman–Crippen LogP) is 2.62. The van der Waals surface area contributed by atoms with Gasteiger partial charge in [0.1, 0.15) is 10.6 Å². The van der Waals surface area contributed by atoms with Gasteiger partial charge in [-0.15, -0.1) is 0 Å². The average Bonchev–Trinajstić information content (AvgIpc) is 3.26. The second kappa shape index (κ2) is 8.57. The Labute approximate surface area is 183 Å². The van der Waals surface area contributed by atoms with Gasteiger partial charge in [0.15, 0.2) is 5.65 Å². The second-order valence-corrected chi connectivity index (χ2v) is 10.1. The molecule has 0 radical (unpaired) electrons. The molecular weight excluding hydrogens is 414 g/mol. The molecule has 3 heterocycles. The third-order valence-electron chi connectivity index (χ3n) is 5.44. The van der Waals surface area contributed by atoms with Crippen LogP contribution in [-0.4, -0.2) is 53.3 Å². The number of rotatable bonds is 7. The number of nitrogens with zero attached hydrogens (tertiary/aromatic N) is 4. The lowest BCUT2D eigenvalue weighted by Gasteiger charge is -2.17. The summed E-state index contributed by atoms with van der Waals surface area (Å²) in [7, 11) is -1.85. The fourth-order valence-electron chi connectivity index (χ4n) is 4.00. The normalized spacial score (nSPS) is 17.6. The first-order valence-electron chi connectivity index (χ1n) is 10.5. The van der Waals surface area contributed by atoms with E-state index in [2.05, 4.69) is 31.8 Å². The Morgan fingerprint density at radius 2 is 2.00 bits per heavy atom. The number of aryl methyl sites for hydroxylation is 2. The van der Waals surface area contributed by atoms with Crippen LogP contribution in [-0.2, 0) is 23.6 Å². The number of benzene rings is 1. The molecule has 1 aromatic carbocycles. The highest BCUT2D eigenvalue weighted by Crippen LogP contribution is 2.22. The molecule has 0 unspecified atom stereocenters. The highest BCUT2D eigenvalue weighted by molar-refractivity contribution is 7.89. The van der Waals surface area contributed by atoms with E-state index in [1.165, 1.54) is 11.8 Å². The smallest absolute Gasteiger partial charge is 0.242 e. The maximum atomic E-state index is 12.9. The summed E-state index contributed by atoms with van der Waals surface area (Å²) < 4.78 is 36.1. The van der Waals surface area contributed by atoms with Gasteiger partial charge in [-0.2, -0.15) is 5.10 Å². The Morgan fingerprint density at radius 1 is 1.26 bits per heavy atom. The number of hydrogen-bond donors (Lipinski definition) is 1. The zero-order chi connectivity index (χ0) is 22.2. The molecule has 1 atom stereocenters. The Hall–Kier alpha value is -2.49. The van der Waals surface area contributed by atoms with Crippen LogP contribution in [0.5, 0.6) is 5.75 Å². The molecule has 3 aromatic rings. The summed E-state index contributed by atoms with van der Waals surface area (Å²) in [6.45, 7) is 8.16. The molecule has 31 heavy (non-hydrogen) atoms. The second-order valence-electron chi connectivity index (χ2n) is 8.40. The van der Waals surface area contributed by atoms with E-state index in [4.69, 9.17) is 4.74 Å². The number of likely N-dealkylation sites (tertiary alicyclic amines) is 1. The molecule has 1 saturated heterocycles. The van der Waals surface area contributed by atoms with Crippen LogP contribution in [0.25, 0.3) is 11.0 Å². The zero-order valence-corrected chi connectivity index (χ0v) is 19.2. The minimum atomic E-state index is -3.65. The topological polar surface area (TPSA) is 89.3 Å². The standard InChI is InChI=1S/C22H29N5O3S/c1-15(2)30-19-7-5-17(6-8-19)13-27-10-9-18(14-27)25-31(28,29)20-11-21-16(3)24-26(4)22(21)23-12-20/h5-8,11-12,15,18,25H,9-10,13-14H2,1-4H3/t18-/m1/s1. The van der Waals surface area contributed by atoms with Crippen molar-refractivity contribution in [2.24, 2.45) is 7.05 Å². The average molecular weight is 444 g/mol. The molecule has 1 aliphatic heterocycles. The van der Waals surface area contributed by atoms with Crippen LogP contribution < -0.4 is 9.46 Å². The van der Waals surface area contributed by atoms with E-state index in [1.54, 1.807) is 17.8 Å². The minimum absolute atomic E-state index is 0.126. The van der Waals surface area contributed by atoms with Gasteiger partial charge in [0.05, 0.1) is 11.8 Å². The molecule has 0 saturated carbocycles. The van der Waals surface area contributed by atoms with Crippen LogP contribution in [0.4, 0.5) is 0 Å². The molecular formula is C22H29N5O3S. The van der Waals surface area contributed by atoms with Crippen molar-refractivity contribution in [2.75, 3.05) is 13.1 Å². The Bertz CT molecular complexity index is 1170. The first-order valence-corrected chi connectivity index (χ1v) is 12.0. The molecule has 1 aliphatic rings. The first-order chi connectivity index (χ1) is 14.7. The van der Waals surface area contributed by atoms with Gasteiger partial charge >= 0.3 is 0 Å². The van der Waals surface area contributed by atoms with Crippen LogP contribution in [0.3, 0.4) is 0 Å². The quantitative estimate of drug-likeness (QED) is 0.604. The molecule has 4 rings (SSSR count). The summed E-state index contributed by atoms with van der Waals surface area (Å²) in [5.41, 5.74) is 2.62. The molecule has 1 N–H and O–H groups in total. The Kier molecular flexibility index (Phi) is 6.00. The summed E-state index contributed by atoms with van der Waals surface area (Å²) >= 11 is 0. The van der Waals surface area contributed by atoms with E-state index in [-0.39, 0.29) is 17.0 Å². The lowest BCUT2D eigenvalue weighted by molar-refractivity contribution is 0.242. The van der Waals surface area contributed by atoms with Crippen LogP contribution in [0.1, 0.15) is 31.5 Å². The number of aromatic nitrogens is 3. The molecule has 0 spiro atoms. The molecule has 2 aromatic heterocycles. The van der Waals surface area contributed by atoms with Gasteiger partial charge in [-0.1, -0.05) is 12.1 Å². The van der Waals surface area contributed by atoms with Gasteiger partial charge in [-0.3, -0.25) is 9.58 Å². The van der Waals surface area contributed by atoms with Crippen molar-refractivity contribution in [3.8, 4) is 5.75 Å². The maximum absolute atomic E-state index is 12.9. The number of pyridine rings is 1. The van der Waals surface area contributed by atoms with Gasteiger partial charge < -0.3 is 4.74 Å². The summed E-state index contributed by atoms with van der Waals surface area (Å²) in [4.78, 5) is 6.74. The lowest BCUT2D eigenvalue weighted by atomic mass is 10.2. The monoisotopic (exact) mass is 443 g/mol. The van der Waals surface area contributed by atoms with E-state index < -0.39 is 10.0 Å². The van der Waals surface area contributed by atoms with Crippen molar-refractivity contribution < 1.29 is 13.2 Å². The van der Waals surface area contributed by atoms with Crippen LogP contribution in [0.2, 0.25) is 0 Å². The number of hydrogen-bond acceptors (Lipinski definition) is 6. The van der Waals surface area contributed by atoms with Crippen molar-refractivity contribution in [3.05, 3.63) is 47.8 Å². The number of sulfonamides is 1. The van der Waals surface area contributed by atoms with Gasteiger partial charge in [0.2, 0.25) is 10.0 Å². The summed E-state index contributed by atoms with van der Waals surface area (Å²) in [6, 6.07) is 9.61. The summed E-state index contributed by atoms with van der Waals surface area (Å²) in [5, 5.41) is 5.06. The fraction of sp³-hybridized carbons (Fsp3) is 0.455. The van der Waals surface area contributed by atoms with E-state index in [0.29, 0.717) is 12.2 Å². The molecule has 1 fully saturated rings. The first kappa shape index (κ1) is 21.7. The third kappa shape index (κ3) is 4.89. The molecule has 0 bridgehead atoms. The Morgan fingerprint density at radius 3 is 2.71 bits per heavy atom. The van der Waals surface area contributed by atoms with Crippen molar-refractivity contribution in [2.45, 2.75) is 50.8 Å². The predicted molar refractivity (Wildman–Crippen MR) is 119 cm³/mol. The van der Waals surface area contributed by atoms with Gasteiger partial charge in [-0.05, 0) is 51.0 Å². The largest absolute Gasteiger partial charge is 0.491 e. The molecule has 166 valence electrons. The molecule has 0 amide bonds. The summed E-state index contributed by atoms with van der Waals surface area (Å²) in [5.74, 6) is 0.861. The number of ether oxygens (including phenoxy) is 1. The highest BCUT2D eigenvalue weighted by atomic mass is 32.2. The van der Waals surface area contributed by atoms with E-state index in [0.717, 1.165) is 36.3 Å². The maximum Gasteiger partial charge on any atom is 0.242 e. The van der Waals surface area contributed by atoms with Crippen molar-refractivity contribution in [1.29, 1.82) is 0 Å². The van der Waals surface area contributed by atoms with Crippen molar-refractivity contribution in [1.82, 2.24) is 24.4 Å². The molecule has 0 aliphatic carbocycles. The SMILES string of the molecule is Cc1nn(C)c2ncc(S(=O)(=O)N[C@@H]3CCN(Cc4ccc(OC(C)C)cc4)C3)cc12. The van der Waals surface area contributed by atoms with E-state index in [1.807, 2.05) is 32.9 Å². The Balaban J connectivity index is 1.38. The van der Waals surface area contributed by atoms with Gasteiger partial charge in [0.25, 0.3) is 0 Å². The van der Waals surface area contributed by atoms with E-state index >= 15 is 0 Å². The lowest BCUT2D eigenvalue weighted by Crippen LogP contribution is -2.37. The summed E-state index contributed by atoms with van der Waals surface area (Å²) in [6.07, 6.45) is 2.32. The van der Waals surface area contributed by atoms with Crippen LogP contribution in [0.15, 0.2) is 41.4 Å². The molecule has 8 nitrogen and oxygen atoms in total. The minimum Gasteiger partial charge on any atom is -0.491 e. The van der Waals surface area contributed by atoms with E-state index in [9.17, 15) is 8.42 Å². The number of nitrogens with one attached hydrogen (secondary N) is 1. The zero-order valence-electron chi connectivity index (χ0n) is 18.4. The highest BCUT2D eigenvalue weighted by Gasteiger charge is 2.28. The van der Waals surface area contributed by atoms with Crippen molar-refractivity contribution >= 4 is 21.1 Å².